The Bertz CT molecular complexity index is 714. The van der Waals surface area contributed by atoms with E-state index in [1.807, 2.05) is 48.2 Å². The number of carbonyl (C=O) groups is 1. The van der Waals surface area contributed by atoms with Crippen molar-refractivity contribution in [3.05, 3.63) is 53.7 Å². The van der Waals surface area contributed by atoms with Crippen LogP contribution in [-0.4, -0.2) is 34.9 Å². The van der Waals surface area contributed by atoms with Crippen molar-refractivity contribution in [3.8, 4) is 11.3 Å². The number of hydrogen-bond donors (Lipinski definition) is 1. The molecule has 0 spiro atoms. The number of nitrogens with zero attached hydrogens (tertiary/aromatic N) is 2. The maximum absolute atomic E-state index is 13.3. The van der Waals surface area contributed by atoms with Crippen LogP contribution >= 0.6 is 0 Å². The Balaban J connectivity index is 2.02. The van der Waals surface area contributed by atoms with Gasteiger partial charge >= 0.3 is 0 Å². The van der Waals surface area contributed by atoms with E-state index >= 15 is 0 Å². The van der Waals surface area contributed by atoms with E-state index in [0.717, 1.165) is 41.8 Å². The van der Waals surface area contributed by atoms with Gasteiger partial charge in [0.15, 0.2) is 0 Å². The van der Waals surface area contributed by atoms with Gasteiger partial charge < -0.3 is 10.6 Å². The summed E-state index contributed by atoms with van der Waals surface area (Å²) in [6.07, 6.45) is 3.93. The second kappa shape index (κ2) is 7.14. The molecule has 1 amide bonds. The molecule has 0 bridgehead atoms. The molecule has 2 atom stereocenters. The zero-order chi connectivity index (χ0) is 17.1. The quantitative estimate of drug-likeness (QED) is 0.943. The van der Waals surface area contributed by atoms with Crippen molar-refractivity contribution in [2.75, 3.05) is 13.1 Å². The lowest BCUT2D eigenvalue weighted by Crippen LogP contribution is -2.51. The van der Waals surface area contributed by atoms with Crippen molar-refractivity contribution < 1.29 is 4.79 Å². The van der Waals surface area contributed by atoms with Gasteiger partial charge in [0.05, 0.1) is 5.69 Å². The van der Waals surface area contributed by atoms with Gasteiger partial charge in [0.1, 0.15) is 0 Å². The molecule has 0 radical (unpaired) electrons. The number of piperidine rings is 1. The summed E-state index contributed by atoms with van der Waals surface area (Å²) in [6.45, 7) is 5.49. The number of amides is 1. The fourth-order valence-corrected chi connectivity index (χ4v) is 3.60. The summed E-state index contributed by atoms with van der Waals surface area (Å²) in [5.74, 6) is 0.511. The summed E-state index contributed by atoms with van der Waals surface area (Å²) in [4.78, 5) is 19.7. The van der Waals surface area contributed by atoms with Crippen molar-refractivity contribution in [2.24, 2.45) is 11.7 Å². The van der Waals surface area contributed by atoms with Gasteiger partial charge in [0.2, 0.25) is 0 Å². The Kier molecular flexibility index (Phi) is 4.95. The number of benzene rings is 1. The molecular weight excluding hydrogens is 298 g/mol. The smallest absolute Gasteiger partial charge is 0.254 e. The lowest BCUT2D eigenvalue weighted by atomic mass is 9.89. The SMILES string of the molecule is Cc1ccc(-c2ccccn2)c(C(=O)N2CCC[C@@H](C)[C@H]2CN)c1. The molecule has 24 heavy (non-hydrogen) atoms. The third-order valence-electron chi connectivity index (χ3n) is 4.96. The second-order valence-electron chi connectivity index (χ2n) is 6.69. The highest BCUT2D eigenvalue weighted by molar-refractivity contribution is 6.01. The normalized spacial score (nSPS) is 20.9. The molecule has 1 aliphatic heterocycles. The Labute approximate surface area is 143 Å². The van der Waals surface area contributed by atoms with Gasteiger partial charge in [-0.1, -0.05) is 30.7 Å². The van der Waals surface area contributed by atoms with Crippen LogP contribution in [0.2, 0.25) is 0 Å². The fourth-order valence-electron chi connectivity index (χ4n) is 3.60. The second-order valence-corrected chi connectivity index (χ2v) is 6.69. The number of carbonyl (C=O) groups excluding carboxylic acids is 1. The Morgan fingerprint density at radius 1 is 1.33 bits per heavy atom. The highest BCUT2D eigenvalue weighted by Gasteiger charge is 2.32. The zero-order valence-corrected chi connectivity index (χ0v) is 14.4. The van der Waals surface area contributed by atoms with Gasteiger partial charge in [-0.3, -0.25) is 9.78 Å². The molecule has 1 aliphatic rings. The van der Waals surface area contributed by atoms with E-state index in [4.69, 9.17) is 5.73 Å². The first-order valence-corrected chi connectivity index (χ1v) is 8.65. The van der Waals surface area contributed by atoms with Crippen molar-refractivity contribution in [3.63, 3.8) is 0 Å². The molecule has 0 aliphatic carbocycles. The maximum atomic E-state index is 13.3. The average molecular weight is 323 g/mol. The monoisotopic (exact) mass is 323 g/mol. The molecule has 1 aromatic carbocycles. The molecule has 2 heterocycles. The molecule has 0 saturated carbocycles. The number of nitrogens with two attached hydrogens (primary N) is 1. The summed E-state index contributed by atoms with van der Waals surface area (Å²) in [7, 11) is 0. The van der Waals surface area contributed by atoms with Crippen molar-refractivity contribution >= 4 is 5.91 Å². The zero-order valence-electron chi connectivity index (χ0n) is 14.4. The van der Waals surface area contributed by atoms with Crippen LogP contribution in [-0.2, 0) is 0 Å². The van der Waals surface area contributed by atoms with Gasteiger partial charge in [-0.15, -0.1) is 0 Å². The standard InChI is InChI=1S/C20H25N3O/c1-14-8-9-16(18-7-3-4-10-22-18)17(12-14)20(24)23-11-5-6-15(2)19(23)13-21/h3-4,7-10,12,15,19H,5-6,11,13,21H2,1-2H3/t15-,19-/m1/s1. The van der Waals surface area contributed by atoms with Crippen LogP contribution < -0.4 is 5.73 Å². The van der Waals surface area contributed by atoms with E-state index in [2.05, 4.69) is 11.9 Å². The molecule has 0 unspecified atom stereocenters. The molecule has 2 N–H and O–H groups in total. The van der Waals surface area contributed by atoms with Gasteiger partial charge in [-0.05, 0) is 43.9 Å². The third-order valence-corrected chi connectivity index (χ3v) is 4.96. The van der Waals surface area contributed by atoms with Crippen molar-refractivity contribution in [1.82, 2.24) is 9.88 Å². The van der Waals surface area contributed by atoms with Gasteiger partial charge in [0.25, 0.3) is 5.91 Å². The molecule has 3 rings (SSSR count). The summed E-state index contributed by atoms with van der Waals surface area (Å²) in [5.41, 5.74) is 9.49. The van der Waals surface area contributed by atoms with E-state index in [-0.39, 0.29) is 11.9 Å². The average Bonchev–Trinajstić information content (AvgIpc) is 2.61. The number of pyridine rings is 1. The minimum atomic E-state index is 0.0707. The predicted octanol–water partition coefficient (Wildman–Crippen LogP) is 3.26. The first-order chi connectivity index (χ1) is 11.6. The van der Waals surface area contributed by atoms with Crippen LogP contribution in [0.25, 0.3) is 11.3 Å². The van der Waals surface area contributed by atoms with Crippen LogP contribution in [0.5, 0.6) is 0 Å². The summed E-state index contributed by atoms with van der Waals surface area (Å²) >= 11 is 0. The highest BCUT2D eigenvalue weighted by atomic mass is 16.2. The predicted molar refractivity (Wildman–Crippen MR) is 96.7 cm³/mol. The molecule has 1 fully saturated rings. The minimum Gasteiger partial charge on any atom is -0.334 e. The van der Waals surface area contributed by atoms with E-state index in [9.17, 15) is 4.79 Å². The third kappa shape index (κ3) is 3.20. The summed E-state index contributed by atoms with van der Waals surface area (Å²) in [6, 6.07) is 11.9. The fraction of sp³-hybridized carbons (Fsp3) is 0.400. The number of hydrogen-bond acceptors (Lipinski definition) is 3. The molecule has 126 valence electrons. The summed E-state index contributed by atoms with van der Waals surface area (Å²) < 4.78 is 0. The van der Waals surface area contributed by atoms with Gasteiger partial charge in [-0.2, -0.15) is 0 Å². The lowest BCUT2D eigenvalue weighted by Gasteiger charge is -2.39. The van der Waals surface area contributed by atoms with E-state index < -0.39 is 0 Å². The van der Waals surface area contributed by atoms with Crippen LogP contribution in [0, 0.1) is 12.8 Å². The van der Waals surface area contributed by atoms with Crippen molar-refractivity contribution in [2.45, 2.75) is 32.7 Å². The molecule has 2 aromatic rings. The molecular formula is C20H25N3O. The van der Waals surface area contributed by atoms with E-state index in [1.54, 1.807) is 6.20 Å². The van der Waals surface area contributed by atoms with Gasteiger partial charge in [-0.25, -0.2) is 0 Å². The first-order valence-electron chi connectivity index (χ1n) is 8.65. The molecule has 4 nitrogen and oxygen atoms in total. The van der Waals surface area contributed by atoms with Gasteiger partial charge in [0, 0.05) is 36.5 Å². The number of rotatable bonds is 3. The Morgan fingerprint density at radius 2 is 2.17 bits per heavy atom. The minimum absolute atomic E-state index is 0.0707. The maximum Gasteiger partial charge on any atom is 0.254 e. The van der Waals surface area contributed by atoms with E-state index in [0.29, 0.717) is 12.5 Å². The molecule has 4 heteroatoms. The Hall–Kier alpha value is -2.20. The summed E-state index contributed by atoms with van der Waals surface area (Å²) in [5, 5.41) is 0. The first kappa shape index (κ1) is 16.7. The highest BCUT2D eigenvalue weighted by Crippen LogP contribution is 2.28. The molecule has 1 saturated heterocycles. The Morgan fingerprint density at radius 3 is 2.88 bits per heavy atom. The number of aryl methyl sites for hydroxylation is 1. The van der Waals surface area contributed by atoms with Crippen LogP contribution in [0.3, 0.4) is 0 Å². The van der Waals surface area contributed by atoms with Crippen LogP contribution in [0.15, 0.2) is 42.6 Å². The number of aromatic nitrogens is 1. The number of likely N-dealkylation sites (tertiary alicyclic amines) is 1. The molecule has 1 aromatic heterocycles. The van der Waals surface area contributed by atoms with Crippen LogP contribution in [0.1, 0.15) is 35.7 Å². The van der Waals surface area contributed by atoms with E-state index in [1.165, 1.54) is 0 Å². The van der Waals surface area contributed by atoms with Crippen molar-refractivity contribution in [1.29, 1.82) is 0 Å². The van der Waals surface area contributed by atoms with Crippen LogP contribution in [0.4, 0.5) is 0 Å². The lowest BCUT2D eigenvalue weighted by molar-refractivity contribution is 0.0533. The topological polar surface area (TPSA) is 59.2 Å². The largest absolute Gasteiger partial charge is 0.334 e.